The quantitative estimate of drug-likeness (QED) is 0.439. The van der Waals surface area contributed by atoms with Crippen LogP contribution in [0.1, 0.15) is 72.5 Å². The van der Waals surface area contributed by atoms with E-state index in [0.717, 1.165) is 61.5 Å². The summed E-state index contributed by atoms with van der Waals surface area (Å²) in [6.45, 7) is 2.03. The highest BCUT2D eigenvalue weighted by atomic mass is 35.5. The van der Waals surface area contributed by atoms with E-state index in [0.29, 0.717) is 18.4 Å². The van der Waals surface area contributed by atoms with Gasteiger partial charge < -0.3 is 14.6 Å². The summed E-state index contributed by atoms with van der Waals surface area (Å²) >= 11 is 5.98. The molecule has 2 aliphatic carbocycles. The molecule has 2 heterocycles. The van der Waals surface area contributed by atoms with Gasteiger partial charge in [0.1, 0.15) is 17.1 Å². The Balaban J connectivity index is 1.08. The Kier molecular flexibility index (Phi) is 6.50. The van der Waals surface area contributed by atoms with Gasteiger partial charge in [0.2, 0.25) is 5.43 Å². The molecule has 6 nitrogen and oxygen atoms in total. The lowest BCUT2D eigenvalue weighted by molar-refractivity contribution is -0.126. The number of nitrogens with zero attached hydrogens (tertiary/aromatic N) is 1. The second kappa shape index (κ2) is 9.84. The molecule has 1 aromatic heterocycles. The average molecular weight is 537 g/mol. The molecule has 2 fully saturated rings. The van der Waals surface area contributed by atoms with Crippen molar-refractivity contribution >= 4 is 34.2 Å². The fourth-order valence-electron chi connectivity index (χ4n) is 5.91. The van der Waals surface area contributed by atoms with Crippen LogP contribution in [0.4, 0.5) is 4.39 Å². The Hall–Kier alpha value is -3.19. The van der Waals surface area contributed by atoms with E-state index in [4.69, 9.17) is 16.3 Å². The summed E-state index contributed by atoms with van der Waals surface area (Å²) in [7, 11) is 0. The molecule has 1 unspecified atom stereocenters. The molecule has 2 saturated carbocycles. The van der Waals surface area contributed by atoms with Gasteiger partial charge in [0.15, 0.2) is 11.9 Å². The number of Topliss-reactive ketones (excluding diaryl/α,β-unsaturated/α-hetero) is 1. The van der Waals surface area contributed by atoms with Crippen molar-refractivity contribution in [1.29, 1.82) is 0 Å². The number of rotatable bonds is 6. The number of nitrogens with one attached hydrogen (secondary N) is 1. The topological polar surface area (TPSA) is 77.4 Å². The molecule has 38 heavy (non-hydrogen) atoms. The number of carbonyl (C=O) groups is 2. The average Bonchev–Trinajstić information content (AvgIpc) is 3.64. The number of amides is 1. The predicted molar refractivity (Wildman–Crippen MR) is 144 cm³/mol. The highest BCUT2D eigenvalue weighted by Gasteiger charge is 2.33. The van der Waals surface area contributed by atoms with Gasteiger partial charge in [0.25, 0.3) is 5.91 Å². The predicted octanol–water partition coefficient (Wildman–Crippen LogP) is 5.69. The normalized spacial score (nSPS) is 22.7. The third kappa shape index (κ3) is 4.84. The molecule has 8 heteroatoms. The molecular formula is C30H30ClFN2O4. The Bertz CT molecular complexity index is 1500. The van der Waals surface area contributed by atoms with E-state index in [1.165, 1.54) is 6.07 Å². The zero-order valence-corrected chi connectivity index (χ0v) is 22.0. The summed E-state index contributed by atoms with van der Waals surface area (Å²) in [6, 6.07) is 8.71. The highest BCUT2D eigenvalue weighted by molar-refractivity contribution is 6.31. The number of fused-ring (bicyclic) bond motifs is 2. The van der Waals surface area contributed by atoms with Crippen LogP contribution >= 0.6 is 11.6 Å². The second-order valence-electron chi connectivity index (χ2n) is 11.1. The smallest absolute Gasteiger partial charge is 0.256 e. The largest absolute Gasteiger partial charge is 0.482 e. The molecule has 0 saturated heterocycles. The van der Waals surface area contributed by atoms with E-state index in [9.17, 15) is 18.8 Å². The summed E-state index contributed by atoms with van der Waals surface area (Å²) in [5.74, 6) is 0.0842. The maximum Gasteiger partial charge on any atom is 0.256 e. The molecule has 1 aliphatic heterocycles. The van der Waals surface area contributed by atoms with Gasteiger partial charge in [-0.25, -0.2) is 4.39 Å². The minimum Gasteiger partial charge on any atom is -0.482 e. The SMILES string of the molecule is Cc1ccc2c(c1)CC(C(=O)CC1CCC(NC(=O)c3cn(C4CC4)c4cc(Cl)c(F)cc4c3=O)CC1)O2. The molecule has 6 rings (SSSR count). The first-order chi connectivity index (χ1) is 18.3. The van der Waals surface area contributed by atoms with Crippen LogP contribution in [0.5, 0.6) is 5.75 Å². The lowest BCUT2D eigenvalue weighted by Crippen LogP contribution is -2.40. The van der Waals surface area contributed by atoms with Gasteiger partial charge in [0.05, 0.1) is 10.5 Å². The number of hydrogen-bond acceptors (Lipinski definition) is 4. The van der Waals surface area contributed by atoms with Gasteiger partial charge in [-0.15, -0.1) is 0 Å². The van der Waals surface area contributed by atoms with Crippen molar-refractivity contribution in [2.75, 3.05) is 0 Å². The molecule has 0 spiro atoms. The van der Waals surface area contributed by atoms with E-state index in [2.05, 4.69) is 11.4 Å². The van der Waals surface area contributed by atoms with Crippen molar-refractivity contribution in [2.24, 2.45) is 5.92 Å². The van der Waals surface area contributed by atoms with E-state index < -0.39 is 23.3 Å². The molecule has 1 atom stereocenters. The zero-order valence-electron chi connectivity index (χ0n) is 21.3. The van der Waals surface area contributed by atoms with Gasteiger partial charge >= 0.3 is 0 Å². The number of ketones is 1. The van der Waals surface area contributed by atoms with E-state index in [-0.39, 0.29) is 39.8 Å². The minimum atomic E-state index is -0.675. The van der Waals surface area contributed by atoms with Crippen LogP contribution in [0, 0.1) is 18.7 Å². The number of carbonyl (C=O) groups excluding carboxylic acids is 2. The maximum atomic E-state index is 14.2. The van der Waals surface area contributed by atoms with Crippen LogP contribution in [0.15, 0.2) is 41.3 Å². The standard InChI is InChI=1S/C30H30ClFN2O4/c1-16-2-9-27-18(10-16)12-28(38-27)26(35)11-17-3-5-19(6-4-17)33-30(37)22-15-34(20-7-8-20)25-14-23(31)24(32)13-21(25)29(22)36/h2,9-10,13-15,17,19-20,28H,3-8,11-12H2,1H3,(H,33,37). The van der Waals surface area contributed by atoms with Crippen LogP contribution in [-0.4, -0.2) is 28.4 Å². The van der Waals surface area contributed by atoms with Crippen LogP contribution < -0.4 is 15.5 Å². The zero-order chi connectivity index (χ0) is 26.6. The van der Waals surface area contributed by atoms with Gasteiger partial charge in [0, 0.05) is 36.5 Å². The van der Waals surface area contributed by atoms with Crippen molar-refractivity contribution < 1.29 is 18.7 Å². The number of hydrogen-bond donors (Lipinski definition) is 1. The fraction of sp³-hybridized carbons (Fsp3) is 0.433. The van der Waals surface area contributed by atoms with E-state index in [1.54, 1.807) is 6.20 Å². The molecule has 0 radical (unpaired) electrons. The summed E-state index contributed by atoms with van der Waals surface area (Å²) in [5, 5.41) is 3.14. The van der Waals surface area contributed by atoms with E-state index in [1.807, 2.05) is 23.6 Å². The third-order valence-corrected chi connectivity index (χ3v) is 8.47. The second-order valence-corrected chi connectivity index (χ2v) is 11.5. The number of aryl methyl sites for hydroxylation is 1. The maximum absolute atomic E-state index is 14.2. The molecule has 0 bridgehead atoms. The first-order valence-corrected chi connectivity index (χ1v) is 13.8. The van der Waals surface area contributed by atoms with Crippen molar-refractivity contribution in [2.45, 2.75) is 76.5 Å². The molecule has 1 N–H and O–H groups in total. The van der Waals surface area contributed by atoms with E-state index >= 15 is 0 Å². The number of pyridine rings is 1. The summed E-state index contributed by atoms with van der Waals surface area (Å²) in [4.78, 5) is 39.2. The van der Waals surface area contributed by atoms with Crippen LogP contribution in [0.2, 0.25) is 5.02 Å². The van der Waals surface area contributed by atoms with Gasteiger partial charge in [-0.1, -0.05) is 29.3 Å². The van der Waals surface area contributed by atoms with Gasteiger partial charge in [-0.3, -0.25) is 14.4 Å². The van der Waals surface area contributed by atoms with Gasteiger partial charge in [-0.2, -0.15) is 0 Å². The van der Waals surface area contributed by atoms with Crippen molar-refractivity contribution in [3.8, 4) is 5.75 Å². The molecule has 3 aliphatic rings. The first kappa shape index (κ1) is 25.1. The van der Waals surface area contributed by atoms with Crippen molar-refractivity contribution in [3.63, 3.8) is 0 Å². The number of halogens is 2. The Labute approximate surface area is 225 Å². The Morgan fingerprint density at radius 2 is 1.87 bits per heavy atom. The Morgan fingerprint density at radius 3 is 2.61 bits per heavy atom. The third-order valence-electron chi connectivity index (χ3n) is 8.18. The van der Waals surface area contributed by atoms with Crippen LogP contribution in [0.3, 0.4) is 0 Å². The lowest BCUT2D eigenvalue weighted by atomic mass is 9.82. The number of ether oxygens (including phenoxy) is 1. The Morgan fingerprint density at radius 1 is 1.11 bits per heavy atom. The summed E-state index contributed by atoms with van der Waals surface area (Å²) in [6.07, 6.45) is 7.29. The van der Waals surface area contributed by atoms with Crippen molar-refractivity contribution in [1.82, 2.24) is 9.88 Å². The lowest BCUT2D eigenvalue weighted by Gasteiger charge is -2.29. The first-order valence-electron chi connectivity index (χ1n) is 13.4. The van der Waals surface area contributed by atoms with Crippen LogP contribution in [-0.2, 0) is 11.2 Å². The minimum absolute atomic E-state index is 0.0246. The summed E-state index contributed by atoms with van der Waals surface area (Å²) < 4.78 is 22.0. The molecule has 198 valence electrons. The van der Waals surface area contributed by atoms with Crippen molar-refractivity contribution in [3.05, 3.63) is 74.3 Å². The molecule has 1 amide bonds. The summed E-state index contributed by atoms with van der Waals surface area (Å²) in [5.41, 5.74) is 2.34. The fourth-order valence-corrected chi connectivity index (χ4v) is 6.07. The monoisotopic (exact) mass is 536 g/mol. The van der Waals surface area contributed by atoms with Gasteiger partial charge in [-0.05, 0) is 75.1 Å². The molecular weight excluding hydrogens is 507 g/mol. The molecule has 3 aromatic rings. The highest BCUT2D eigenvalue weighted by Crippen LogP contribution is 2.38. The number of benzene rings is 2. The molecule has 2 aromatic carbocycles. The number of aromatic nitrogens is 1. The van der Waals surface area contributed by atoms with Crippen LogP contribution in [0.25, 0.3) is 10.9 Å².